The maximum absolute atomic E-state index is 12.1. The van der Waals surface area contributed by atoms with Crippen LogP contribution in [0.4, 0.5) is 0 Å². The molecule has 3 rings (SSSR count). The van der Waals surface area contributed by atoms with Crippen LogP contribution in [0.5, 0.6) is 5.75 Å². The first-order valence-corrected chi connectivity index (χ1v) is 12.1. The SMILES string of the molecule is C=C(C)C(=O)OC(CCCCC)COc1c2ccccc2cc2ccc(S(=O)(=O)O)cc12. The van der Waals surface area contributed by atoms with Gasteiger partial charge in [-0.2, -0.15) is 8.42 Å². The van der Waals surface area contributed by atoms with Crippen molar-refractivity contribution in [3.63, 3.8) is 0 Å². The number of ether oxygens (including phenoxy) is 2. The lowest BCUT2D eigenvalue weighted by atomic mass is 10.0. The van der Waals surface area contributed by atoms with E-state index in [4.69, 9.17) is 9.47 Å². The summed E-state index contributed by atoms with van der Waals surface area (Å²) in [7, 11) is -4.37. The van der Waals surface area contributed by atoms with E-state index in [0.29, 0.717) is 23.1 Å². The Hall–Kier alpha value is -2.90. The average molecular weight is 457 g/mol. The number of rotatable bonds is 10. The standard InChI is InChI=1S/C25H28O6S/c1-4-5-6-10-20(31-25(26)17(2)3)16-30-24-22-11-8-7-9-18(22)14-19-12-13-21(15-23(19)24)32(27,28)29/h7-9,11-15,20H,2,4-6,10,16H2,1,3H3,(H,27,28,29). The van der Waals surface area contributed by atoms with Gasteiger partial charge in [0.2, 0.25) is 0 Å². The van der Waals surface area contributed by atoms with Crippen molar-refractivity contribution < 1.29 is 27.2 Å². The van der Waals surface area contributed by atoms with Crippen molar-refractivity contribution in [2.24, 2.45) is 0 Å². The van der Waals surface area contributed by atoms with E-state index >= 15 is 0 Å². The normalized spacial score (nSPS) is 12.6. The van der Waals surface area contributed by atoms with Crippen molar-refractivity contribution >= 4 is 37.6 Å². The minimum atomic E-state index is -4.37. The quantitative estimate of drug-likeness (QED) is 0.139. The fourth-order valence-electron chi connectivity index (χ4n) is 3.54. The predicted octanol–water partition coefficient (Wildman–Crippen LogP) is 5.69. The molecular weight excluding hydrogens is 428 g/mol. The van der Waals surface area contributed by atoms with Crippen LogP contribution in [0.25, 0.3) is 21.5 Å². The highest BCUT2D eigenvalue weighted by atomic mass is 32.2. The van der Waals surface area contributed by atoms with Gasteiger partial charge < -0.3 is 9.47 Å². The van der Waals surface area contributed by atoms with Crippen LogP contribution in [-0.4, -0.2) is 31.7 Å². The zero-order chi connectivity index (χ0) is 23.3. The number of hydrogen-bond donors (Lipinski definition) is 1. The van der Waals surface area contributed by atoms with E-state index in [1.165, 1.54) is 12.1 Å². The Morgan fingerprint density at radius 3 is 2.47 bits per heavy atom. The molecule has 32 heavy (non-hydrogen) atoms. The highest BCUT2D eigenvalue weighted by molar-refractivity contribution is 7.85. The Morgan fingerprint density at radius 2 is 1.78 bits per heavy atom. The molecule has 1 N–H and O–H groups in total. The molecule has 0 aliphatic carbocycles. The number of carbonyl (C=O) groups excluding carboxylic acids is 1. The second-order valence-electron chi connectivity index (χ2n) is 7.90. The van der Waals surface area contributed by atoms with Crippen molar-refractivity contribution in [2.75, 3.05) is 6.61 Å². The molecule has 0 aliphatic rings. The molecule has 3 aromatic carbocycles. The third-order valence-electron chi connectivity index (χ3n) is 5.25. The molecule has 3 aromatic rings. The lowest BCUT2D eigenvalue weighted by molar-refractivity contribution is -0.146. The van der Waals surface area contributed by atoms with Gasteiger partial charge in [0, 0.05) is 16.3 Å². The highest BCUT2D eigenvalue weighted by Crippen LogP contribution is 2.36. The fraction of sp³-hybridized carbons (Fsp3) is 0.320. The Morgan fingerprint density at radius 1 is 1.06 bits per heavy atom. The molecule has 0 radical (unpaired) electrons. The molecule has 0 bridgehead atoms. The monoisotopic (exact) mass is 456 g/mol. The summed E-state index contributed by atoms with van der Waals surface area (Å²) in [5, 5.41) is 3.05. The largest absolute Gasteiger partial charge is 0.488 e. The Kier molecular flexibility index (Phi) is 7.53. The first-order chi connectivity index (χ1) is 15.2. The Bertz CT molecular complexity index is 1250. The van der Waals surface area contributed by atoms with E-state index in [-0.39, 0.29) is 11.5 Å². The minimum absolute atomic E-state index is 0.113. The van der Waals surface area contributed by atoms with Crippen LogP contribution < -0.4 is 4.74 Å². The smallest absolute Gasteiger partial charge is 0.333 e. The highest BCUT2D eigenvalue weighted by Gasteiger charge is 2.19. The van der Waals surface area contributed by atoms with Gasteiger partial charge in [0.05, 0.1) is 4.90 Å². The van der Waals surface area contributed by atoms with E-state index in [9.17, 15) is 17.8 Å². The molecule has 0 aromatic heterocycles. The maximum Gasteiger partial charge on any atom is 0.333 e. The zero-order valence-corrected chi connectivity index (χ0v) is 19.2. The summed E-state index contributed by atoms with van der Waals surface area (Å²) >= 11 is 0. The lowest BCUT2D eigenvalue weighted by Gasteiger charge is -2.20. The molecule has 7 heteroatoms. The van der Waals surface area contributed by atoms with E-state index in [1.54, 1.807) is 13.0 Å². The van der Waals surface area contributed by atoms with Gasteiger partial charge in [0.1, 0.15) is 18.5 Å². The molecule has 0 fully saturated rings. The number of esters is 1. The predicted molar refractivity (Wildman–Crippen MR) is 126 cm³/mol. The topological polar surface area (TPSA) is 89.9 Å². The zero-order valence-electron chi connectivity index (χ0n) is 18.3. The number of hydrogen-bond acceptors (Lipinski definition) is 5. The van der Waals surface area contributed by atoms with Crippen molar-refractivity contribution in [3.05, 3.63) is 60.7 Å². The first-order valence-electron chi connectivity index (χ1n) is 10.6. The maximum atomic E-state index is 12.1. The molecule has 6 nitrogen and oxygen atoms in total. The third-order valence-corrected chi connectivity index (χ3v) is 6.10. The molecule has 170 valence electrons. The summed E-state index contributed by atoms with van der Waals surface area (Å²) in [6.07, 6.45) is 3.11. The van der Waals surface area contributed by atoms with Gasteiger partial charge in [-0.1, -0.05) is 56.7 Å². The van der Waals surface area contributed by atoms with Gasteiger partial charge in [-0.3, -0.25) is 4.55 Å². The summed E-state index contributed by atoms with van der Waals surface area (Å²) in [6.45, 7) is 7.45. The molecule has 0 saturated carbocycles. The van der Waals surface area contributed by atoms with Crippen LogP contribution in [0.15, 0.2) is 65.6 Å². The summed E-state index contributed by atoms with van der Waals surface area (Å²) in [4.78, 5) is 11.9. The lowest BCUT2D eigenvalue weighted by Crippen LogP contribution is -2.25. The summed E-state index contributed by atoms with van der Waals surface area (Å²) < 4.78 is 44.7. The van der Waals surface area contributed by atoms with Crippen LogP contribution >= 0.6 is 0 Å². The average Bonchev–Trinajstić information content (AvgIpc) is 2.75. The molecule has 0 saturated heterocycles. The van der Waals surface area contributed by atoms with Gasteiger partial charge in [-0.15, -0.1) is 0 Å². The second kappa shape index (κ2) is 10.1. The molecule has 0 heterocycles. The van der Waals surface area contributed by atoms with E-state index in [1.807, 2.05) is 30.3 Å². The van der Waals surface area contributed by atoms with Gasteiger partial charge in [0.25, 0.3) is 10.1 Å². The minimum Gasteiger partial charge on any atom is -0.488 e. The summed E-state index contributed by atoms with van der Waals surface area (Å²) in [6, 6.07) is 13.9. The second-order valence-corrected chi connectivity index (χ2v) is 9.32. The van der Waals surface area contributed by atoms with E-state index in [0.717, 1.165) is 35.4 Å². The Labute approximate surface area is 188 Å². The van der Waals surface area contributed by atoms with E-state index < -0.39 is 22.2 Å². The van der Waals surface area contributed by atoms with Crippen LogP contribution in [0.3, 0.4) is 0 Å². The molecule has 1 unspecified atom stereocenters. The van der Waals surface area contributed by atoms with Crippen molar-refractivity contribution in [1.82, 2.24) is 0 Å². The van der Waals surface area contributed by atoms with Crippen LogP contribution in [0.2, 0.25) is 0 Å². The third kappa shape index (κ3) is 5.66. The summed E-state index contributed by atoms with van der Waals surface area (Å²) in [5.41, 5.74) is 0.318. The van der Waals surface area contributed by atoms with Crippen LogP contribution in [-0.2, 0) is 19.6 Å². The molecule has 1 atom stereocenters. The molecule has 0 amide bonds. The van der Waals surface area contributed by atoms with Gasteiger partial charge in [0.15, 0.2) is 0 Å². The van der Waals surface area contributed by atoms with Crippen LogP contribution in [0, 0.1) is 0 Å². The van der Waals surface area contributed by atoms with Crippen LogP contribution in [0.1, 0.15) is 39.5 Å². The number of unbranched alkanes of at least 4 members (excludes halogenated alkanes) is 2. The van der Waals surface area contributed by atoms with Crippen molar-refractivity contribution in [3.8, 4) is 5.75 Å². The van der Waals surface area contributed by atoms with Crippen molar-refractivity contribution in [1.29, 1.82) is 0 Å². The number of fused-ring (bicyclic) bond motifs is 2. The van der Waals surface area contributed by atoms with E-state index in [2.05, 4.69) is 13.5 Å². The van der Waals surface area contributed by atoms with Gasteiger partial charge in [-0.25, -0.2) is 4.79 Å². The molecule has 0 spiro atoms. The van der Waals surface area contributed by atoms with Gasteiger partial charge in [-0.05, 0) is 48.7 Å². The summed E-state index contributed by atoms with van der Waals surface area (Å²) in [5.74, 6) is 0.0157. The van der Waals surface area contributed by atoms with Crippen molar-refractivity contribution in [2.45, 2.75) is 50.5 Å². The Balaban J connectivity index is 2.01. The first kappa shape index (κ1) is 23.8. The molecule has 0 aliphatic heterocycles. The molecular formula is C25H28O6S. The number of carbonyl (C=O) groups is 1. The van der Waals surface area contributed by atoms with Gasteiger partial charge >= 0.3 is 5.97 Å². The number of benzene rings is 3. The fourth-order valence-corrected chi connectivity index (χ4v) is 4.05.